The first-order valence-electron chi connectivity index (χ1n) is 13.4. The molecule has 2 fully saturated rings. The second-order valence-electron chi connectivity index (χ2n) is 10.5. The van der Waals surface area contributed by atoms with E-state index in [9.17, 15) is 8.42 Å². The van der Waals surface area contributed by atoms with Gasteiger partial charge in [0.05, 0.1) is 4.90 Å². The molecule has 1 aliphatic carbocycles. The molecule has 2 aliphatic rings. The average Bonchev–Trinajstić information content (AvgIpc) is 3.33. The molecular weight excluding hydrogens is 470 g/mol. The van der Waals surface area contributed by atoms with Crippen LogP contribution in [0.4, 0.5) is 0 Å². The molecule has 4 atom stereocenters. The summed E-state index contributed by atoms with van der Waals surface area (Å²) in [6.07, 6.45) is 7.21. The van der Waals surface area contributed by atoms with Gasteiger partial charge in [0.1, 0.15) is 0 Å². The van der Waals surface area contributed by atoms with Crippen molar-refractivity contribution in [1.29, 1.82) is 5.41 Å². The molecule has 2 aromatic carbocycles. The van der Waals surface area contributed by atoms with Gasteiger partial charge in [-0.2, -0.15) is 0 Å². The fourth-order valence-electron chi connectivity index (χ4n) is 5.97. The predicted molar refractivity (Wildman–Crippen MR) is 148 cm³/mol. The Hall–Kier alpha value is -2.45. The maximum Gasteiger partial charge on any atom is 0.241 e. The van der Waals surface area contributed by atoms with Gasteiger partial charge < -0.3 is 10.6 Å². The van der Waals surface area contributed by atoms with E-state index in [4.69, 9.17) is 16.1 Å². The van der Waals surface area contributed by atoms with Crippen molar-refractivity contribution >= 4 is 32.5 Å². The number of nitrogens with one attached hydrogen (secondary N) is 2. The molecule has 4 N–H and O–H groups in total. The van der Waals surface area contributed by atoms with E-state index in [0.29, 0.717) is 22.6 Å². The third-order valence-electron chi connectivity index (χ3n) is 8.19. The zero-order valence-electron chi connectivity index (χ0n) is 21.6. The summed E-state index contributed by atoms with van der Waals surface area (Å²) in [6.45, 7) is 6.63. The number of fused-ring (bicyclic) bond motifs is 1. The summed E-state index contributed by atoms with van der Waals surface area (Å²) in [5.74, 6) is 1.48. The van der Waals surface area contributed by atoms with E-state index in [0.717, 1.165) is 74.6 Å². The summed E-state index contributed by atoms with van der Waals surface area (Å²) in [6, 6.07) is 13.0. The summed E-state index contributed by atoms with van der Waals surface area (Å²) in [7, 11) is -3.62. The van der Waals surface area contributed by atoms with E-state index in [1.807, 2.05) is 41.3 Å². The number of hydrogen-bond acceptors (Lipinski definition) is 4. The molecule has 0 spiro atoms. The zero-order chi connectivity index (χ0) is 25.7. The van der Waals surface area contributed by atoms with Crippen LogP contribution in [0.25, 0.3) is 10.8 Å². The van der Waals surface area contributed by atoms with E-state index in [-0.39, 0.29) is 12.0 Å². The monoisotopic (exact) mass is 511 g/mol. The van der Waals surface area contributed by atoms with Crippen LogP contribution in [-0.2, 0) is 10.0 Å². The zero-order valence-corrected chi connectivity index (χ0v) is 22.4. The second kappa shape index (κ2) is 11.7. The SMILES string of the molecule is CCC(CC1CCCC1CN=C(C)C1CCCN(C(=N)N)C1)NS(=O)(=O)c1cccc2ccccc12. The lowest BCUT2D eigenvalue weighted by Crippen LogP contribution is -2.45. The van der Waals surface area contributed by atoms with Crippen LogP contribution in [-0.4, -0.2) is 50.7 Å². The molecule has 0 aromatic heterocycles. The van der Waals surface area contributed by atoms with Crippen LogP contribution in [0.2, 0.25) is 0 Å². The quantitative estimate of drug-likeness (QED) is 0.333. The van der Waals surface area contributed by atoms with Crippen LogP contribution in [0.5, 0.6) is 0 Å². The largest absolute Gasteiger partial charge is 0.370 e. The number of likely N-dealkylation sites (tertiary alicyclic amines) is 1. The van der Waals surface area contributed by atoms with Crippen LogP contribution in [0, 0.1) is 23.2 Å². The van der Waals surface area contributed by atoms with Crippen LogP contribution in [0.3, 0.4) is 0 Å². The van der Waals surface area contributed by atoms with Gasteiger partial charge in [0.15, 0.2) is 5.96 Å². The molecule has 196 valence electrons. The molecule has 36 heavy (non-hydrogen) atoms. The Morgan fingerprint density at radius 3 is 2.67 bits per heavy atom. The highest BCUT2D eigenvalue weighted by Gasteiger charge is 2.31. The lowest BCUT2D eigenvalue weighted by Gasteiger charge is -2.33. The van der Waals surface area contributed by atoms with Crippen molar-refractivity contribution in [2.75, 3.05) is 19.6 Å². The Morgan fingerprint density at radius 1 is 1.14 bits per heavy atom. The maximum absolute atomic E-state index is 13.4. The number of aliphatic imine (C=N–C) groups is 1. The van der Waals surface area contributed by atoms with Gasteiger partial charge in [-0.1, -0.05) is 56.2 Å². The van der Waals surface area contributed by atoms with Crippen LogP contribution in [0.1, 0.15) is 58.8 Å². The van der Waals surface area contributed by atoms with Gasteiger partial charge in [0.2, 0.25) is 10.0 Å². The third-order valence-corrected chi connectivity index (χ3v) is 9.76. The lowest BCUT2D eigenvalue weighted by atomic mass is 9.89. The van der Waals surface area contributed by atoms with Gasteiger partial charge in [-0.05, 0) is 62.3 Å². The number of hydrogen-bond donors (Lipinski definition) is 3. The first kappa shape index (κ1) is 26.6. The average molecular weight is 512 g/mol. The van der Waals surface area contributed by atoms with Gasteiger partial charge >= 0.3 is 0 Å². The first-order chi connectivity index (χ1) is 17.3. The number of nitrogens with two attached hydrogens (primary N) is 1. The summed E-state index contributed by atoms with van der Waals surface area (Å²) >= 11 is 0. The summed E-state index contributed by atoms with van der Waals surface area (Å²) in [5, 5.41) is 9.43. The normalized spacial score (nSPS) is 24.2. The number of piperidine rings is 1. The Kier molecular flexibility index (Phi) is 8.67. The van der Waals surface area contributed by atoms with Gasteiger partial charge in [-0.3, -0.25) is 10.4 Å². The Morgan fingerprint density at radius 2 is 1.89 bits per heavy atom. The van der Waals surface area contributed by atoms with Crippen molar-refractivity contribution in [2.24, 2.45) is 28.5 Å². The van der Waals surface area contributed by atoms with E-state index in [1.54, 1.807) is 6.07 Å². The maximum atomic E-state index is 13.4. The molecule has 2 aromatic rings. The Balaban J connectivity index is 1.39. The molecule has 1 saturated carbocycles. The fraction of sp³-hybridized carbons (Fsp3) is 0.571. The number of nitrogens with zero attached hydrogens (tertiary/aromatic N) is 2. The van der Waals surface area contributed by atoms with Crippen molar-refractivity contribution < 1.29 is 8.42 Å². The third kappa shape index (κ3) is 6.27. The van der Waals surface area contributed by atoms with Crippen molar-refractivity contribution in [3.05, 3.63) is 42.5 Å². The molecule has 0 amide bonds. The first-order valence-corrected chi connectivity index (χ1v) is 14.9. The summed E-state index contributed by atoms with van der Waals surface area (Å²) < 4.78 is 29.8. The minimum Gasteiger partial charge on any atom is -0.370 e. The van der Waals surface area contributed by atoms with Crippen LogP contribution >= 0.6 is 0 Å². The Bertz CT molecular complexity index is 1190. The predicted octanol–water partition coefficient (Wildman–Crippen LogP) is 4.77. The topological polar surface area (TPSA) is 112 Å². The molecule has 1 saturated heterocycles. The van der Waals surface area contributed by atoms with E-state index >= 15 is 0 Å². The highest BCUT2D eigenvalue weighted by atomic mass is 32.2. The number of rotatable bonds is 9. The van der Waals surface area contributed by atoms with Gasteiger partial charge in [-0.25, -0.2) is 13.1 Å². The van der Waals surface area contributed by atoms with Gasteiger partial charge in [0.25, 0.3) is 0 Å². The molecule has 4 unspecified atom stereocenters. The summed E-state index contributed by atoms with van der Waals surface area (Å²) in [5.41, 5.74) is 6.87. The minimum absolute atomic E-state index is 0.0906. The smallest absolute Gasteiger partial charge is 0.241 e. The lowest BCUT2D eigenvalue weighted by molar-refractivity contribution is 0.298. The minimum atomic E-state index is -3.62. The van der Waals surface area contributed by atoms with E-state index < -0.39 is 10.0 Å². The van der Waals surface area contributed by atoms with E-state index in [2.05, 4.69) is 18.6 Å². The molecular formula is C28H41N5O2S. The standard InChI is InChI=1S/C28H41N5O2S/c1-3-25(32-36(34,35)27-15-7-10-21-9-4-5-14-26(21)27)17-22-11-6-12-23(22)18-31-20(2)24-13-8-16-33(19-24)28(29)30/h4-5,7,9-10,14-15,22-25,32H,3,6,8,11-13,16-19H2,1-2H3,(H3,29,30). The number of benzene rings is 2. The molecule has 7 nitrogen and oxygen atoms in total. The fourth-order valence-corrected chi connectivity index (χ4v) is 7.53. The Labute approximate surface area is 216 Å². The molecule has 1 aliphatic heterocycles. The van der Waals surface area contributed by atoms with Crippen molar-refractivity contribution in [3.63, 3.8) is 0 Å². The molecule has 8 heteroatoms. The number of guanidine groups is 1. The second-order valence-corrected chi connectivity index (χ2v) is 12.2. The molecule has 0 radical (unpaired) electrons. The highest BCUT2D eigenvalue weighted by Crippen LogP contribution is 2.36. The van der Waals surface area contributed by atoms with E-state index in [1.165, 1.54) is 6.42 Å². The van der Waals surface area contributed by atoms with Gasteiger partial charge in [0, 0.05) is 42.7 Å². The summed E-state index contributed by atoms with van der Waals surface area (Å²) in [4.78, 5) is 7.30. The highest BCUT2D eigenvalue weighted by molar-refractivity contribution is 7.89. The van der Waals surface area contributed by atoms with Gasteiger partial charge in [-0.15, -0.1) is 0 Å². The van der Waals surface area contributed by atoms with Crippen molar-refractivity contribution in [1.82, 2.24) is 9.62 Å². The molecule has 1 heterocycles. The van der Waals surface area contributed by atoms with Crippen molar-refractivity contribution in [2.45, 2.75) is 69.7 Å². The molecule has 4 rings (SSSR count). The van der Waals surface area contributed by atoms with Crippen LogP contribution in [0.15, 0.2) is 52.4 Å². The molecule has 0 bridgehead atoms. The van der Waals surface area contributed by atoms with Crippen LogP contribution < -0.4 is 10.5 Å². The van der Waals surface area contributed by atoms with Crippen molar-refractivity contribution in [3.8, 4) is 0 Å². The number of sulfonamides is 1.